The molecule has 0 aromatic carbocycles. The molecule has 0 aliphatic carbocycles. The number of nitrogens with zero attached hydrogens (tertiary/aromatic N) is 2. The minimum Gasteiger partial charge on any atom is -0.396 e. The molecule has 2 aromatic heterocycles. The predicted octanol–water partition coefficient (Wildman–Crippen LogP) is 1.18. The lowest BCUT2D eigenvalue weighted by Crippen LogP contribution is -2.31. The number of amides is 1. The zero-order valence-corrected chi connectivity index (χ0v) is 11.1. The van der Waals surface area contributed by atoms with Gasteiger partial charge >= 0.3 is 0 Å². The van der Waals surface area contributed by atoms with Gasteiger partial charge in [-0.05, 0) is 12.8 Å². The van der Waals surface area contributed by atoms with Crippen molar-refractivity contribution in [1.29, 1.82) is 0 Å². The molecule has 0 radical (unpaired) electrons. The van der Waals surface area contributed by atoms with E-state index in [0.29, 0.717) is 27.5 Å². The zero-order chi connectivity index (χ0) is 13.2. The van der Waals surface area contributed by atoms with Gasteiger partial charge in [-0.1, -0.05) is 0 Å². The Morgan fingerprint density at radius 2 is 2.37 bits per heavy atom. The Hall–Kier alpha value is -1.73. The summed E-state index contributed by atoms with van der Waals surface area (Å²) in [7, 11) is 0. The van der Waals surface area contributed by atoms with Crippen LogP contribution in [0.3, 0.4) is 0 Å². The molecule has 1 unspecified atom stereocenters. The third-order valence-corrected chi connectivity index (χ3v) is 4.19. The van der Waals surface area contributed by atoms with Crippen molar-refractivity contribution in [3.8, 4) is 0 Å². The maximum Gasteiger partial charge on any atom is 0.263 e. The van der Waals surface area contributed by atoms with Crippen LogP contribution >= 0.6 is 11.3 Å². The Kier molecular flexibility index (Phi) is 3.31. The molecule has 3 heterocycles. The highest BCUT2D eigenvalue weighted by Crippen LogP contribution is 2.30. The van der Waals surface area contributed by atoms with Gasteiger partial charge in [-0.2, -0.15) is 0 Å². The van der Waals surface area contributed by atoms with Crippen LogP contribution in [0.5, 0.6) is 0 Å². The summed E-state index contributed by atoms with van der Waals surface area (Å²) in [6, 6.07) is 0. The number of fused-ring (bicyclic) bond motifs is 1. The number of ether oxygens (including phenoxy) is 1. The number of thiophene rings is 1. The number of nitrogen functional groups attached to an aromatic ring is 1. The molecule has 3 rings (SSSR count). The first-order valence-electron chi connectivity index (χ1n) is 6.14. The average Bonchev–Trinajstić information content (AvgIpc) is 3.05. The summed E-state index contributed by atoms with van der Waals surface area (Å²) in [6.07, 6.45) is 5.33. The van der Waals surface area contributed by atoms with Crippen LogP contribution in [-0.4, -0.2) is 35.1 Å². The topological polar surface area (TPSA) is 90.1 Å². The quantitative estimate of drug-likeness (QED) is 0.880. The number of hydrogen-bond donors (Lipinski definition) is 2. The SMILES string of the molecule is Nc1c(C(=O)NCC2CCCO2)sc2nccnc12. The van der Waals surface area contributed by atoms with Crippen molar-refractivity contribution in [3.63, 3.8) is 0 Å². The molecule has 1 aliphatic heterocycles. The lowest BCUT2D eigenvalue weighted by Gasteiger charge is -2.10. The molecule has 2 aromatic rings. The van der Waals surface area contributed by atoms with Crippen molar-refractivity contribution in [2.24, 2.45) is 0 Å². The molecule has 1 atom stereocenters. The molecule has 1 saturated heterocycles. The van der Waals surface area contributed by atoms with Crippen LogP contribution in [0.2, 0.25) is 0 Å². The maximum atomic E-state index is 12.1. The summed E-state index contributed by atoms with van der Waals surface area (Å²) in [6.45, 7) is 1.30. The Morgan fingerprint density at radius 1 is 1.53 bits per heavy atom. The summed E-state index contributed by atoms with van der Waals surface area (Å²) in [5, 5.41) is 2.85. The van der Waals surface area contributed by atoms with E-state index in [1.54, 1.807) is 12.4 Å². The molecule has 19 heavy (non-hydrogen) atoms. The monoisotopic (exact) mass is 278 g/mol. The molecular weight excluding hydrogens is 264 g/mol. The van der Waals surface area contributed by atoms with E-state index in [0.717, 1.165) is 19.4 Å². The van der Waals surface area contributed by atoms with Crippen molar-refractivity contribution < 1.29 is 9.53 Å². The predicted molar refractivity (Wildman–Crippen MR) is 73.1 cm³/mol. The molecule has 6 nitrogen and oxygen atoms in total. The largest absolute Gasteiger partial charge is 0.396 e. The van der Waals surface area contributed by atoms with E-state index < -0.39 is 0 Å². The first-order chi connectivity index (χ1) is 9.25. The van der Waals surface area contributed by atoms with Crippen LogP contribution < -0.4 is 11.1 Å². The van der Waals surface area contributed by atoms with Crippen LogP contribution in [0.4, 0.5) is 5.69 Å². The fourth-order valence-electron chi connectivity index (χ4n) is 2.10. The van der Waals surface area contributed by atoms with Crippen molar-refractivity contribution >= 4 is 33.3 Å². The van der Waals surface area contributed by atoms with Crippen LogP contribution in [0.25, 0.3) is 10.3 Å². The van der Waals surface area contributed by atoms with Crippen molar-refractivity contribution in [2.45, 2.75) is 18.9 Å². The number of carbonyl (C=O) groups excluding carboxylic acids is 1. The highest BCUT2D eigenvalue weighted by atomic mass is 32.1. The highest BCUT2D eigenvalue weighted by Gasteiger charge is 2.20. The lowest BCUT2D eigenvalue weighted by molar-refractivity contribution is 0.0862. The summed E-state index contributed by atoms with van der Waals surface area (Å²) < 4.78 is 5.46. The zero-order valence-electron chi connectivity index (χ0n) is 10.3. The lowest BCUT2D eigenvalue weighted by atomic mass is 10.2. The van der Waals surface area contributed by atoms with E-state index >= 15 is 0 Å². The van der Waals surface area contributed by atoms with Gasteiger partial charge in [-0.3, -0.25) is 4.79 Å². The molecule has 100 valence electrons. The molecular formula is C12H14N4O2S. The second kappa shape index (κ2) is 5.10. The normalized spacial score (nSPS) is 18.8. The van der Waals surface area contributed by atoms with Crippen LogP contribution in [0.15, 0.2) is 12.4 Å². The van der Waals surface area contributed by atoms with E-state index in [9.17, 15) is 4.79 Å². The second-order valence-corrected chi connectivity index (χ2v) is 5.40. The Morgan fingerprint density at radius 3 is 3.11 bits per heavy atom. The number of hydrogen-bond acceptors (Lipinski definition) is 6. The Bertz CT molecular complexity index is 607. The van der Waals surface area contributed by atoms with Gasteiger partial charge < -0.3 is 15.8 Å². The molecule has 0 saturated carbocycles. The molecule has 1 aliphatic rings. The third kappa shape index (κ3) is 2.39. The molecule has 0 spiro atoms. The van der Waals surface area contributed by atoms with Crippen molar-refractivity contribution in [3.05, 3.63) is 17.3 Å². The van der Waals surface area contributed by atoms with E-state index in [-0.39, 0.29) is 12.0 Å². The van der Waals surface area contributed by atoms with E-state index in [1.165, 1.54) is 11.3 Å². The number of anilines is 1. The molecule has 1 amide bonds. The van der Waals surface area contributed by atoms with Crippen LogP contribution in [0.1, 0.15) is 22.5 Å². The minimum absolute atomic E-state index is 0.121. The Balaban J connectivity index is 1.75. The fraction of sp³-hybridized carbons (Fsp3) is 0.417. The summed E-state index contributed by atoms with van der Waals surface area (Å²) >= 11 is 1.26. The van der Waals surface area contributed by atoms with Gasteiger partial charge in [-0.15, -0.1) is 11.3 Å². The fourth-order valence-corrected chi connectivity index (χ4v) is 3.04. The van der Waals surface area contributed by atoms with E-state index in [4.69, 9.17) is 10.5 Å². The van der Waals surface area contributed by atoms with Gasteiger partial charge in [0.2, 0.25) is 0 Å². The first-order valence-corrected chi connectivity index (χ1v) is 6.96. The average molecular weight is 278 g/mol. The molecule has 7 heteroatoms. The number of carbonyl (C=O) groups is 1. The van der Waals surface area contributed by atoms with E-state index in [1.807, 2.05) is 0 Å². The number of rotatable bonds is 3. The van der Waals surface area contributed by atoms with E-state index in [2.05, 4.69) is 15.3 Å². The highest BCUT2D eigenvalue weighted by molar-refractivity contribution is 7.21. The first kappa shape index (κ1) is 12.3. The van der Waals surface area contributed by atoms with Gasteiger partial charge in [-0.25, -0.2) is 9.97 Å². The smallest absolute Gasteiger partial charge is 0.263 e. The van der Waals surface area contributed by atoms with Crippen LogP contribution in [0, 0.1) is 0 Å². The molecule has 1 fully saturated rings. The van der Waals surface area contributed by atoms with Gasteiger partial charge in [0.25, 0.3) is 5.91 Å². The van der Waals surface area contributed by atoms with Gasteiger partial charge in [0.1, 0.15) is 15.2 Å². The minimum atomic E-state index is -0.183. The van der Waals surface area contributed by atoms with Gasteiger partial charge in [0, 0.05) is 25.5 Å². The molecule has 3 N–H and O–H groups in total. The molecule has 0 bridgehead atoms. The maximum absolute atomic E-state index is 12.1. The number of nitrogens with one attached hydrogen (secondary N) is 1. The third-order valence-electron chi connectivity index (χ3n) is 3.08. The number of nitrogens with two attached hydrogens (primary N) is 1. The Labute approximate surface area is 114 Å². The standard InChI is InChI=1S/C12H14N4O2S/c13-8-9-12(15-4-3-14-9)19-10(8)11(17)16-6-7-2-1-5-18-7/h3-4,7H,1-2,5-6,13H2,(H,16,17). The van der Waals surface area contributed by atoms with Crippen molar-refractivity contribution in [1.82, 2.24) is 15.3 Å². The summed E-state index contributed by atoms with van der Waals surface area (Å²) in [4.78, 5) is 21.5. The van der Waals surface area contributed by atoms with Gasteiger partial charge in [0.05, 0.1) is 11.8 Å². The summed E-state index contributed by atoms with van der Waals surface area (Å²) in [5.41, 5.74) is 6.93. The van der Waals surface area contributed by atoms with Crippen molar-refractivity contribution in [2.75, 3.05) is 18.9 Å². The summed E-state index contributed by atoms with van der Waals surface area (Å²) in [5.74, 6) is -0.183. The second-order valence-electron chi connectivity index (χ2n) is 4.40. The van der Waals surface area contributed by atoms with Crippen LogP contribution in [-0.2, 0) is 4.74 Å². The van der Waals surface area contributed by atoms with Gasteiger partial charge in [0.15, 0.2) is 0 Å². The number of aromatic nitrogens is 2.